The van der Waals surface area contributed by atoms with E-state index in [0.29, 0.717) is 22.5 Å². The van der Waals surface area contributed by atoms with Crippen molar-refractivity contribution < 1.29 is 19.7 Å². The number of aliphatic hydroxyl groups is 2. The minimum absolute atomic E-state index is 0.446. The molecule has 1 aliphatic heterocycles. The number of allylic oxidation sites excluding steroid dienone is 2. The topological polar surface area (TPSA) is 66.8 Å². The molecule has 0 bridgehead atoms. The number of rotatable bonds is 0. The van der Waals surface area contributed by atoms with E-state index in [4.69, 9.17) is 4.74 Å². The minimum Gasteiger partial charge on any atom is -0.469 e. The highest BCUT2D eigenvalue weighted by molar-refractivity contribution is 6.05. The fraction of sp³-hybridized carbons (Fsp3) is 0.417. The molecule has 0 aromatic heterocycles. The summed E-state index contributed by atoms with van der Waals surface area (Å²) in [5, 5.41) is 19.9. The first-order chi connectivity index (χ1) is 7.35. The highest BCUT2D eigenvalue weighted by Gasteiger charge is 2.46. The Morgan fingerprint density at radius 3 is 2.69 bits per heavy atom. The second kappa shape index (κ2) is 3.30. The Kier molecular flexibility index (Phi) is 2.29. The van der Waals surface area contributed by atoms with Gasteiger partial charge >= 0.3 is 0 Å². The van der Waals surface area contributed by atoms with Crippen LogP contribution in [-0.4, -0.2) is 27.7 Å². The molecule has 1 aliphatic carbocycles. The van der Waals surface area contributed by atoms with E-state index in [0.717, 1.165) is 0 Å². The Morgan fingerprint density at radius 2 is 2.06 bits per heavy atom. The standard InChI is InChI=1S/C12H14O4/c1-6-4-8-7(2)10(13)12(3,15)11(14)9(8)5-16-6/h4-5,11,14-15H,1-3H3/t11-,12+/m0/s1. The number of Topliss-reactive ketones (excluding diaryl/α,β-unsaturated/α-hetero) is 1. The van der Waals surface area contributed by atoms with Crippen LogP contribution < -0.4 is 0 Å². The maximum atomic E-state index is 11.9. The van der Waals surface area contributed by atoms with E-state index in [-0.39, 0.29) is 0 Å². The second-order valence-corrected chi connectivity index (χ2v) is 4.36. The fourth-order valence-electron chi connectivity index (χ4n) is 2.01. The van der Waals surface area contributed by atoms with Gasteiger partial charge in [-0.05, 0) is 32.4 Å². The molecule has 0 aromatic carbocycles. The molecule has 86 valence electrons. The maximum absolute atomic E-state index is 11.9. The quantitative estimate of drug-likeness (QED) is 0.636. The summed E-state index contributed by atoms with van der Waals surface area (Å²) in [6.07, 6.45) is 1.84. The lowest BCUT2D eigenvalue weighted by molar-refractivity contribution is -0.141. The number of ether oxygens (including phenoxy) is 1. The molecule has 0 spiro atoms. The van der Waals surface area contributed by atoms with Crippen LogP contribution in [-0.2, 0) is 9.53 Å². The molecule has 0 unspecified atom stereocenters. The molecule has 2 atom stereocenters. The fourth-order valence-corrected chi connectivity index (χ4v) is 2.01. The molecule has 2 N–H and O–H groups in total. The predicted octanol–water partition coefficient (Wildman–Crippen LogP) is 0.815. The van der Waals surface area contributed by atoms with E-state index in [1.165, 1.54) is 13.2 Å². The SMILES string of the molecule is CC1=CC2=C(C)C(=O)[C@@](C)(O)[C@@H](O)C2=CO1. The van der Waals surface area contributed by atoms with Gasteiger partial charge in [-0.25, -0.2) is 0 Å². The number of ketones is 1. The molecule has 0 fully saturated rings. The van der Waals surface area contributed by atoms with Crippen molar-refractivity contribution >= 4 is 5.78 Å². The molecule has 2 rings (SSSR count). The Hall–Kier alpha value is -1.39. The molecule has 0 saturated carbocycles. The van der Waals surface area contributed by atoms with Crippen molar-refractivity contribution in [1.29, 1.82) is 0 Å². The molecular weight excluding hydrogens is 208 g/mol. The van der Waals surface area contributed by atoms with E-state index < -0.39 is 17.5 Å². The van der Waals surface area contributed by atoms with Crippen molar-refractivity contribution in [2.24, 2.45) is 0 Å². The highest BCUT2D eigenvalue weighted by Crippen LogP contribution is 2.37. The zero-order valence-electron chi connectivity index (χ0n) is 9.44. The van der Waals surface area contributed by atoms with Crippen LogP contribution in [0.5, 0.6) is 0 Å². The monoisotopic (exact) mass is 222 g/mol. The lowest BCUT2D eigenvalue weighted by atomic mass is 9.75. The van der Waals surface area contributed by atoms with Gasteiger partial charge in [-0.1, -0.05) is 0 Å². The van der Waals surface area contributed by atoms with E-state index in [1.807, 2.05) is 0 Å². The molecule has 2 aliphatic rings. The highest BCUT2D eigenvalue weighted by atomic mass is 16.5. The zero-order chi connectivity index (χ0) is 12.1. The van der Waals surface area contributed by atoms with Gasteiger partial charge in [-0.2, -0.15) is 0 Å². The van der Waals surface area contributed by atoms with Crippen molar-refractivity contribution in [3.05, 3.63) is 34.8 Å². The first-order valence-corrected chi connectivity index (χ1v) is 5.07. The summed E-state index contributed by atoms with van der Waals surface area (Å²) in [6, 6.07) is 0. The van der Waals surface area contributed by atoms with Crippen molar-refractivity contribution in [1.82, 2.24) is 0 Å². The number of hydrogen-bond acceptors (Lipinski definition) is 4. The Morgan fingerprint density at radius 1 is 1.44 bits per heavy atom. The van der Waals surface area contributed by atoms with E-state index in [2.05, 4.69) is 0 Å². The second-order valence-electron chi connectivity index (χ2n) is 4.36. The third-order valence-electron chi connectivity index (χ3n) is 3.06. The zero-order valence-corrected chi connectivity index (χ0v) is 9.44. The van der Waals surface area contributed by atoms with Crippen molar-refractivity contribution in [2.75, 3.05) is 0 Å². The molecule has 0 aromatic rings. The van der Waals surface area contributed by atoms with Crippen molar-refractivity contribution in [2.45, 2.75) is 32.5 Å². The molecule has 0 saturated heterocycles. The van der Waals surface area contributed by atoms with Gasteiger partial charge in [0.25, 0.3) is 0 Å². The normalized spacial score (nSPS) is 34.1. The van der Waals surface area contributed by atoms with Gasteiger partial charge in [-0.3, -0.25) is 4.79 Å². The van der Waals surface area contributed by atoms with E-state index >= 15 is 0 Å². The minimum atomic E-state index is -1.78. The van der Waals surface area contributed by atoms with Crippen LogP contribution in [0.1, 0.15) is 20.8 Å². The Labute approximate surface area is 93.5 Å². The number of carbonyl (C=O) groups excluding carboxylic acids is 1. The predicted molar refractivity (Wildman–Crippen MR) is 57.3 cm³/mol. The molecule has 0 amide bonds. The van der Waals surface area contributed by atoms with Crippen LogP contribution in [0.4, 0.5) is 0 Å². The molecule has 1 heterocycles. The number of fused-ring (bicyclic) bond motifs is 1. The van der Waals surface area contributed by atoms with Gasteiger partial charge in [0.1, 0.15) is 11.9 Å². The molecule has 0 radical (unpaired) electrons. The number of aliphatic hydroxyl groups excluding tert-OH is 1. The lowest BCUT2D eigenvalue weighted by Crippen LogP contribution is -2.51. The van der Waals surface area contributed by atoms with Gasteiger partial charge in [0.15, 0.2) is 11.4 Å². The van der Waals surface area contributed by atoms with Crippen LogP contribution in [0, 0.1) is 0 Å². The molecular formula is C12H14O4. The molecule has 4 heteroatoms. The third-order valence-corrected chi connectivity index (χ3v) is 3.06. The van der Waals surface area contributed by atoms with Crippen LogP contribution in [0.25, 0.3) is 0 Å². The lowest BCUT2D eigenvalue weighted by Gasteiger charge is -2.36. The first kappa shape index (κ1) is 11.1. The van der Waals surface area contributed by atoms with Gasteiger partial charge in [0.2, 0.25) is 0 Å². The summed E-state index contributed by atoms with van der Waals surface area (Å²) in [5.74, 6) is 0.206. The summed E-state index contributed by atoms with van der Waals surface area (Å²) in [7, 11) is 0. The summed E-state index contributed by atoms with van der Waals surface area (Å²) in [4.78, 5) is 11.9. The summed E-state index contributed by atoms with van der Waals surface area (Å²) in [6.45, 7) is 4.71. The van der Waals surface area contributed by atoms with Crippen molar-refractivity contribution in [3.8, 4) is 0 Å². The smallest absolute Gasteiger partial charge is 0.193 e. The summed E-state index contributed by atoms with van der Waals surface area (Å²) >= 11 is 0. The largest absolute Gasteiger partial charge is 0.469 e. The third kappa shape index (κ3) is 1.34. The summed E-state index contributed by atoms with van der Waals surface area (Å²) < 4.78 is 5.18. The maximum Gasteiger partial charge on any atom is 0.193 e. The Bertz CT molecular complexity index is 452. The molecule has 4 nitrogen and oxygen atoms in total. The van der Waals surface area contributed by atoms with E-state index in [9.17, 15) is 15.0 Å². The average Bonchev–Trinajstić information content (AvgIpc) is 2.24. The molecule has 16 heavy (non-hydrogen) atoms. The van der Waals surface area contributed by atoms with E-state index in [1.54, 1.807) is 19.9 Å². The van der Waals surface area contributed by atoms with Crippen LogP contribution >= 0.6 is 0 Å². The van der Waals surface area contributed by atoms with Crippen LogP contribution in [0.3, 0.4) is 0 Å². The van der Waals surface area contributed by atoms with Gasteiger partial charge in [-0.15, -0.1) is 0 Å². The summed E-state index contributed by atoms with van der Waals surface area (Å²) in [5.41, 5.74) is -0.230. The average molecular weight is 222 g/mol. The first-order valence-electron chi connectivity index (χ1n) is 5.07. The van der Waals surface area contributed by atoms with Crippen molar-refractivity contribution in [3.63, 3.8) is 0 Å². The number of hydrogen-bond donors (Lipinski definition) is 2. The van der Waals surface area contributed by atoms with Crippen LogP contribution in [0.2, 0.25) is 0 Å². The Balaban J connectivity index is 2.63. The number of carbonyl (C=O) groups is 1. The van der Waals surface area contributed by atoms with Gasteiger partial charge in [0, 0.05) is 11.1 Å². The van der Waals surface area contributed by atoms with Crippen LogP contribution in [0.15, 0.2) is 34.8 Å². The van der Waals surface area contributed by atoms with Gasteiger partial charge < -0.3 is 14.9 Å². The van der Waals surface area contributed by atoms with Gasteiger partial charge in [0.05, 0.1) is 6.26 Å².